The largest absolute Gasteiger partial charge is 0.573 e. The van der Waals surface area contributed by atoms with Crippen LogP contribution in [0.1, 0.15) is 19.8 Å². The highest BCUT2D eigenvalue weighted by Gasteiger charge is 2.36. The summed E-state index contributed by atoms with van der Waals surface area (Å²) in [5, 5.41) is 2.53. The van der Waals surface area contributed by atoms with Crippen LogP contribution in [-0.2, 0) is 25.1 Å². The zero-order chi connectivity index (χ0) is 26.0. The number of alkyl halides is 3. The molecule has 0 saturated carbocycles. The van der Waals surface area contributed by atoms with Crippen molar-refractivity contribution < 1.29 is 44.1 Å². The van der Waals surface area contributed by atoms with Crippen LogP contribution in [0, 0.1) is 0 Å². The van der Waals surface area contributed by atoms with Crippen molar-refractivity contribution in [1.82, 2.24) is 4.31 Å². The van der Waals surface area contributed by atoms with E-state index in [1.165, 1.54) is 35.5 Å². The number of benzene rings is 2. The van der Waals surface area contributed by atoms with Crippen LogP contribution < -0.4 is 14.4 Å². The minimum Gasteiger partial charge on any atom is -0.406 e. The highest BCUT2D eigenvalue weighted by atomic mass is 32.2. The average molecular weight is 538 g/mol. The van der Waals surface area contributed by atoms with Crippen LogP contribution in [0.25, 0.3) is 0 Å². The first-order valence-electron chi connectivity index (χ1n) is 10.2. The highest BCUT2D eigenvalue weighted by Crippen LogP contribution is 2.31. The van der Waals surface area contributed by atoms with Crippen molar-refractivity contribution in [3.8, 4) is 5.75 Å². The number of ether oxygens (including phenoxy) is 1. The molecule has 0 bridgehead atoms. The lowest BCUT2D eigenvalue weighted by atomic mass is 10.1. The molecule has 2 aromatic carbocycles. The normalized spacial score (nSPS) is 16.0. The van der Waals surface area contributed by atoms with Crippen molar-refractivity contribution in [2.24, 2.45) is 0 Å². The molecule has 35 heavy (non-hydrogen) atoms. The van der Waals surface area contributed by atoms with Crippen molar-refractivity contribution in [1.29, 1.82) is 0 Å². The number of carbonyl (C=O) groups excluding carboxylic acids is 1. The van der Waals surface area contributed by atoms with Gasteiger partial charge in [0.05, 0.1) is 10.6 Å². The van der Waals surface area contributed by atoms with Gasteiger partial charge in [0.1, 0.15) is 5.75 Å². The fraction of sp³-hybridized carbons (Fsp3) is 0.350. The lowest BCUT2D eigenvalue weighted by Gasteiger charge is -2.37. The fourth-order valence-corrected chi connectivity index (χ4v) is 6.15. The van der Waals surface area contributed by atoms with Gasteiger partial charge in [0.15, 0.2) is 0 Å². The molecule has 0 unspecified atom stereocenters. The molecule has 2 aromatic rings. The van der Waals surface area contributed by atoms with E-state index in [0.717, 1.165) is 24.3 Å². The first kappa shape index (κ1) is 26.7. The van der Waals surface area contributed by atoms with E-state index in [9.17, 15) is 39.4 Å². The number of anilines is 2. The van der Waals surface area contributed by atoms with Gasteiger partial charge in [-0.2, -0.15) is 12.7 Å². The molecule has 0 aliphatic carbocycles. The zero-order valence-corrected chi connectivity index (χ0v) is 19.9. The van der Waals surface area contributed by atoms with E-state index >= 15 is 0 Å². The third kappa shape index (κ3) is 6.84. The van der Waals surface area contributed by atoms with E-state index in [0.29, 0.717) is 9.99 Å². The van der Waals surface area contributed by atoms with Gasteiger partial charge >= 0.3 is 16.7 Å². The molecular formula is C20H22F3N3O7S2. The number of nitrogens with one attached hydrogen (secondary N) is 1. The first-order chi connectivity index (χ1) is 16.2. The summed E-state index contributed by atoms with van der Waals surface area (Å²) in [6.45, 7) is 1.18. The van der Waals surface area contributed by atoms with E-state index in [4.69, 9.17) is 0 Å². The number of piperidine rings is 1. The summed E-state index contributed by atoms with van der Waals surface area (Å²) in [6, 6.07) is 8.62. The molecule has 1 amide bonds. The number of sulfonamides is 1. The molecule has 2 N–H and O–H groups in total. The Hall–Kier alpha value is -2.88. The average Bonchev–Trinajstić information content (AvgIpc) is 2.73. The highest BCUT2D eigenvalue weighted by molar-refractivity contribution is 7.89. The minimum atomic E-state index is -4.92. The summed E-state index contributed by atoms with van der Waals surface area (Å²) in [5.74, 6) is -0.879. The maximum atomic E-state index is 13.0. The van der Waals surface area contributed by atoms with Crippen molar-refractivity contribution in [3.63, 3.8) is 0 Å². The lowest BCUT2D eigenvalue weighted by Crippen LogP contribution is -2.48. The van der Waals surface area contributed by atoms with Crippen molar-refractivity contribution in [2.45, 2.75) is 37.1 Å². The number of carbonyl (C=O) groups is 1. The Kier molecular flexibility index (Phi) is 7.64. The van der Waals surface area contributed by atoms with Gasteiger partial charge in [0, 0.05) is 31.7 Å². The van der Waals surface area contributed by atoms with Crippen molar-refractivity contribution in [2.75, 3.05) is 22.7 Å². The predicted molar refractivity (Wildman–Crippen MR) is 120 cm³/mol. The first-order valence-corrected chi connectivity index (χ1v) is 13.0. The molecule has 1 saturated heterocycles. The Morgan fingerprint density at radius 2 is 1.57 bits per heavy atom. The third-order valence-electron chi connectivity index (χ3n) is 5.14. The van der Waals surface area contributed by atoms with Crippen LogP contribution in [0.3, 0.4) is 0 Å². The number of hydrogen-bond acceptors (Lipinski definition) is 6. The molecule has 3 rings (SSSR count). The number of nitrogens with zero attached hydrogens (tertiary/aromatic N) is 2. The summed E-state index contributed by atoms with van der Waals surface area (Å²) in [6.07, 6.45) is -4.89. The van der Waals surface area contributed by atoms with Crippen LogP contribution in [0.4, 0.5) is 24.5 Å². The molecule has 0 aromatic heterocycles. The quantitative estimate of drug-likeness (QED) is 0.519. The zero-order valence-electron chi connectivity index (χ0n) is 18.3. The van der Waals surface area contributed by atoms with Gasteiger partial charge in [-0.25, -0.2) is 12.7 Å². The van der Waals surface area contributed by atoms with Gasteiger partial charge in [-0.05, 0) is 61.4 Å². The molecule has 15 heteroatoms. The minimum absolute atomic E-state index is 0.0167. The summed E-state index contributed by atoms with van der Waals surface area (Å²) in [5.41, 5.74) is 0.322. The van der Waals surface area contributed by atoms with Crippen LogP contribution in [0.15, 0.2) is 53.4 Å². The smallest absolute Gasteiger partial charge is 0.406 e. The van der Waals surface area contributed by atoms with Gasteiger partial charge in [0.25, 0.3) is 0 Å². The molecule has 1 heterocycles. The Morgan fingerprint density at radius 1 is 1.03 bits per heavy atom. The predicted octanol–water partition coefficient (Wildman–Crippen LogP) is 3.01. The Morgan fingerprint density at radius 3 is 2.03 bits per heavy atom. The van der Waals surface area contributed by atoms with E-state index < -0.39 is 38.5 Å². The molecule has 1 aliphatic heterocycles. The van der Waals surface area contributed by atoms with Crippen LogP contribution >= 0.6 is 0 Å². The molecule has 192 valence electrons. The van der Waals surface area contributed by atoms with Gasteiger partial charge in [-0.3, -0.25) is 9.35 Å². The fourth-order valence-electron chi connectivity index (χ4n) is 3.71. The summed E-state index contributed by atoms with van der Waals surface area (Å²) < 4.78 is 102. The monoisotopic (exact) mass is 537 g/mol. The van der Waals surface area contributed by atoms with Gasteiger partial charge in [-0.15, -0.1) is 13.2 Å². The van der Waals surface area contributed by atoms with E-state index in [1.54, 1.807) is 0 Å². The second-order valence-electron chi connectivity index (χ2n) is 7.66. The molecule has 10 nitrogen and oxygen atoms in total. The van der Waals surface area contributed by atoms with E-state index in [2.05, 4.69) is 10.1 Å². The second-order valence-corrected chi connectivity index (χ2v) is 10.9. The Bertz CT molecular complexity index is 1260. The van der Waals surface area contributed by atoms with Crippen LogP contribution in [0.5, 0.6) is 5.75 Å². The summed E-state index contributed by atoms with van der Waals surface area (Å²) in [7, 11) is -8.73. The van der Waals surface area contributed by atoms with Gasteiger partial charge in [-0.1, -0.05) is 0 Å². The summed E-state index contributed by atoms with van der Waals surface area (Å²) >= 11 is 0. The Balaban J connectivity index is 1.74. The number of rotatable bonds is 7. The molecular weight excluding hydrogens is 515 g/mol. The standard InChI is InChI=1S/C20H22F3N3O7S2/c1-14(27)24-15-2-8-19(9-3-15)34(28,29)25-12-10-17(11-13-25)26(35(30,31)32)16-4-6-18(7-5-16)33-20(21,22)23/h2-9,17H,10-13H2,1H3,(H,24,27)(H,30,31,32). The van der Waals surface area contributed by atoms with E-state index in [1.807, 2.05) is 0 Å². The van der Waals surface area contributed by atoms with Crippen LogP contribution in [0.2, 0.25) is 0 Å². The third-order valence-corrected chi connectivity index (χ3v) is 8.06. The molecule has 1 aliphatic rings. The lowest BCUT2D eigenvalue weighted by molar-refractivity contribution is -0.274. The Labute approximate surface area is 200 Å². The summed E-state index contributed by atoms with van der Waals surface area (Å²) in [4.78, 5) is 11.1. The number of halogens is 3. The van der Waals surface area contributed by atoms with Crippen LogP contribution in [-0.4, -0.2) is 57.1 Å². The molecule has 0 radical (unpaired) electrons. The van der Waals surface area contributed by atoms with Crippen molar-refractivity contribution >= 4 is 37.6 Å². The van der Waals surface area contributed by atoms with Gasteiger partial charge in [0.2, 0.25) is 15.9 Å². The number of hydrogen-bond donors (Lipinski definition) is 2. The van der Waals surface area contributed by atoms with Gasteiger partial charge < -0.3 is 10.1 Å². The van der Waals surface area contributed by atoms with E-state index in [-0.39, 0.29) is 42.4 Å². The SMILES string of the molecule is CC(=O)Nc1ccc(S(=O)(=O)N2CCC(N(c3ccc(OC(F)(F)F)cc3)S(=O)(=O)O)CC2)cc1. The van der Waals surface area contributed by atoms with Crippen molar-refractivity contribution in [3.05, 3.63) is 48.5 Å². The second kappa shape index (κ2) is 10.0. The molecule has 1 fully saturated rings. The molecule has 0 spiro atoms. The maximum Gasteiger partial charge on any atom is 0.573 e. The number of amides is 1. The topological polar surface area (TPSA) is 133 Å². The maximum absolute atomic E-state index is 13.0. The molecule has 0 atom stereocenters.